The van der Waals surface area contributed by atoms with E-state index in [1.165, 1.54) is 6.92 Å². The van der Waals surface area contributed by atoms with Gasteiger partial charge in [0, 0.05) is 0 Å². The van der Waals surface area contributed by atoms with Gasteiger partial charge in [-0.15, -0.1) is 0 Å². The normalized spacial score (nSPS) is 11.8. The highest BCUT2D eigenvalue weighted by molar-refractivity contribution is 6.37. The number of carbonyl (C=O) groups excluding carboxylic acids is 3. The molecule has 0 aromatic rings. The van der Waals surface area contributed by atoms with Crippen molar-refractivity contribution < 1.29 is 24.2 Å². The summed E-state index contributed by atoms with van der Waals surface area (Å²) in [6.07, 6.45) is 0. The number of hydrogen-bond acceptors (Lipinski definition) is 5. The second-order valence-corrected chi connectivity index (χ2v) is 2.13. The average molecular weight is 173 g/mol. The van der Waals surface area contributed by atoms with Crippen molar-refractivity contribution in [1.29, 1.82) is 0 Å². The largest absolute Gasteiger partial charge is 0.549 e. The van der Waals surface area contributed by atoms with Crippen molar-refractivity contribution in [3.05, 3.63) is 0 Å². The molecular weight excluding hydrogens is 164 g/mol. The standard InChI is InChI=1S/C7H10O5/c1-3-12-7(11)5(8)4(2)6(9)10/h4H,3H2,1-2H3,(H,9,10)/p-1. The lowest BCUT2D eigenvalue weighted by Crippen LogP contribution is -2.38. The van der Waals surface area contributed by atoms with Gasteiger partial charge in [0.2, 0.25) is 5.78 Å². The number of carboxylic acid groups (broad SMARTS) is 1. The van der Waals surface area contributed by atoms with Crippen molar-refractivity contribution in [1.82, 2.24) is 0 Å². The molecule has 5 nitrogen and oxygen atoms in total. The zero-order valence-electron chi connectivity index (χ0n) is 6.83. The molecule has 0 spiro atoms. The Hall–Kier alpha value is -1.39. The molecule has 0 radical (unpaired) electrons. The third kappa shape index (κ3) is 2.69. The number of ketones is 1. The average Bonchev–Trinajstić information content (AvgIpc) is 2.02. The van der Waals surface area contributed by atoms with Gasteiger partial charge in [0.05, 0.1) is 18.5 Å². The quantitative estimate of drug-likeness (QED) is 0.293. The predicted molar refractivity (Wildman–Crippen MR) is 35.8 cm³/mol. The Morgan fingerprint density at radius 3 is 2.25 bits per heavy atom. The summed E-state index contributed by atoms with van der Waals surface area (Å²) >= 11 is 0. The summed E-state index contributed by atoms with van der Waals surface area (Å²) in [4.78, 5) is 31.5. The van der Waals surface area contributed by atoms with Gasteiger partial charge >= 0.3 is 5.97 Å². The van der Waals surface area contributed by atoms with Gasteiger partial charge < -0.3 is 14.6 Å². The van der Waals surface area contributed by atoms with Crippen molar-refractivity contribution in [2.45, 2.75) is 13.8 Å². The van der Waals surface area contributed by atoms with Crippen LogP contribution >= 0.6 is 0 Å². The van der Waals surface area contributed by atoms with Crippen LogP contribution < -0.4 is 5.11 Å². The van der Waals surface area contributed by atoms with E-state index in [2.05, 4.69) is 4.74 Å². The molecule has 0 saturated heterocycles. The summed E-state index contributed by atoms with van der Waals surface area (Å²) < 4.78 is 4.30. The molecule has 0 amide bonds. The van der Waals surface area contributed by atoms with Crippen molar-refractivity contribution >= 4 is 17.7 Å². The van der Waals surface area contributed by atoms with E-state index < -0.39 is 23.6 Å². The van der Waals surface area contributed by atoms with Gasteiger partial charge in [-0.3, -0.25) is 4.79 Å². The lowest BCUT2D eigenvalue weighted by molar-refractivity contribution is -0.309. The van der Waals surface area contributed by atoms with Crippen molar-refractivity contribution in [3.63, 3.8) is 0 Å². The summed E-state index contributed by atoms with van der Waals surface area (Å²) in [7, 11) is 0. The van der Waals surface area contributed by atoms with Crippen LogP contribution in [0.2, 0.25) is 0 Å². The molecule has 68 valence electrons. The zero-order chi connectivity index (χ0) is 9.72. The van der Waals surface area contributed by atoms with Gasteiger partial charge in [-0.2, -0.15) is 0 Å². The highest BCUT2D eigenvalue weighted by Crippen LogP contribution is 1.96. The maximum absolute atomic E-state index is 10.8. The number of hydrogen-bond donors (Lipinski definition) is 0. The SMILES string of the molecule is CCOC(=O)C(=O)C(C)C(=O)[O-]. The molecule has 0 N–H and O–H groups in total. The molecule has 1 atom stereocenters. The van der Waals surface area contributed by atoms with Crippen LogP contribution in [0.5, 0.6) is 0 Å². The second kappa shape index (κ2) is 4.48. The second-order valence-electron chi connectivity index (χ2n) is 2.13. The van der Waals surface area contributed by atoms with E-state index in [1.807, 2.05) is 0 Å². The number of ether oxygens (including phenoxy) is 1. The van der Waals surface area contributed by atoms with Crippen molar-refractivity contribution in [2.75, 3.05) is 6.61 Å². The van der Waals surface area contributed by atoms with Gasteiger partial charge in [-0.25, -0.2) is 4.79 Å². The van der Waals surface area contributed by atoms with Crippen LogP contribution in [0, 0.1) is 5.92 Å². The lowest BCUT2D eigenvalue weighted by atomic mass is 10.1. The van der Waals surface area contributed by atoms with Gasteiger partial charge in [-0.05, 0) is 13.8 Å². The molecule has 0 fully saturated rings. The van der Waals surface area contributed by atoms with Crippen molar-refractivity contribution in [2.24, 2.45) is 5.92 Å². The number of Topliss-reactive ketones (excluding diaryl/α,β-unsaturated/α-hetero) is 1. The third-order valence-electron chi connectivity index (χ3n) is 1.22. The molecule has 0 heterocycles. The Balaban J connectivity index is 4.19. The highest BCUT2D eigenvalue weighted by Gasteiger charge is 2.22. The summed E-state index contributed by atoms with van der Waals surface area (Å²) in [6.45, 7) is 2.65. The van der Waals surface area contributed by atoms with Gasteiger partial charge in [0.15, 0.2) is 0 Å². The minimum atomic E-state index is -1.58. The first-order valence-corrected chi connectivity index (χ1v) is 3.42. The first-order valence-electron chi connectivity index (χ1n) is 3.42. The number of carboxylic acids is 1. The highest BCUT2D eigenvalue weighted by atomic mass is 16.5. The monoisotopic (exact) mass is 173 g/mol. The van der Waals surface area contributed by atoms with Gasteiger partial charge in [-0.1, -0.05) is 0 Å². The van der Waals surface area contributed by atoms with Gasteiger partial charge in [0.25, 0.3) is 0 Å². The fourth-order valence-corrected chi connectivity index (χ4v) is 0.486. The molecule has 0 aromatic carbocycles. The summed E-state index contributed by atoms with van der Waals surface area (Å²) in [5.41, 5.74) is 0. The fourth-order valence-electron chi connectivity index (χ4n) is 0.486. The Bertz CT molecular complexity index is 208. The fraction of sp³-hybridized carbons (Fsp3) is 0.571. The van der Waals surface area contributed by atoms with Gasteiger partial charge in [0.1, 0.15) is 0 Å². The van der Waals surface area contributed by atoms with Crippen LogP contribution in [0.15, 0.2) is 0 Å². The molecule has 1 unspecified atom stereocenters. The van der Waals surface area contributed by atoms with Crippen LogP contribution in [0.25, 0.3) is 0 Å². The molecule has 0 aliphatic rings. The number of aliphatic carboxylic acids is 1. The zero-order valence-corrected chi connectivity index (χ0v) is 6.83. The number of carbonyl (C=O) groups is 3. The molecule has 0 bridgehead atoms. The molecule has 0 aliphatic heterocycles. The first-order chi connectivity index (χ1) is 5.50. The summed E-state index contributed by atoms with van der Waals surface area (Å²) in [5.74, 6) is -5.23. The Morgan fingerprint density at radius 1 is 1.42 bits per heavy atom. The molecule has 0 aliphatic carbocycles. The third-order valence-corrected chi connectivity index (χ3v) is 1.22. The van der Waals surface area contributed by atoms with E-state index in [4.69, 9.17) is 0 Å². The van der Waals surface area contributed by atoms with Crippen molar-refractivity contribution in [3.8, 4) is 0 Å². The molecule has 12 heavy (non-hydrogen) atoms. The topological polar surface area (TPSA) is 83.5 Å². The van der Waals surface area contributed by atoms with Crippen LogP contribution in [-0.4, -0.2) is 24.3 Å². The molecular formula is C7H9O5-. The first kappa shape index (κ1) is 10.6. The maximum atomic E-state index is 10.8. The maximum Gasteiger partial charge on any atom is 0.375 e. The number of esters is 1. The predicted octanol–water partition coefficient (Wildman–Crippen LogP) is -1.50. The Morgan fingerprint density at radius 2 is 1.92 bits per heavy atom. The lowest BCUT2D eigenvalue weighted by Gasteiger charge is -2.09. The number of rotatable bonds is 4. The summed E-state index contributed by atoms with van der Waals surface area (Å²) in [6, 6.07) is 0. The smallest absolute Gasteiger partial charge is 0.375 e. The van der Waals surface area contributed by atoms with Crippen LogP contribution in [0.4, 0.5) is 0 Å². The van der Waals surface area contributed by atoms with E-state index in [-0.39, 0.29) is 6.61 Å². The van der Waals surface area contributed by atoms with E-state index in [1.54, 1.807) is 0 Å². The Labute approximate surface area is 69.3 Å². The molecule has 0 saturated carbocycles. The minimum Gasteiger partial charge on any atom is -0.549 e. The van der Waals surface area contributed by atoms with E-state index in [0.717, 1.165) is 6.92 Å². The molecule has 0 rings (SSSR count). The van der Waals surface area contributed by atoms with E-state index in [0.29, 0.717) is 0 Å². The summed E-state index contributed by atoms with van der Waals surface area (Å²) in [5, 5.41) is 10.1. The molecule has 0 aromatic heterocycles. The van der Waals surface area contributed by atoms with E-state index >= 15 is 0 Å². The minimum absolute atomic E-state index is 0.0460. The van der Waals surface area contributed by atoms with E-state index in [9.17, 15) is 19.5 Å². The molecule has 5 heteroatoms. The van der Waals surface area contributed by atoms with Crippen LogP contribution in [-0.2, 0) is 19.1 Å². The Kier molecular flexibility index (Phi) is 3.96. The van der Waals surface area contributed by atoms with Crippen LogP contribution in [0.3, 0.4) is 0 Å². The van der Waals surface area contributed by atoms with Crippen LogP contribution in [0.1, 0.15) is 13.8 Å².